The molecule has 2 aliphatic rings. The van der Waals surface area contributed by atoms with Gasteiger partial charge in [0.25, 0.3) is 0 Å². The molecular formula is C16H24N2O2. The fourth-order valence-corrected chi connectivity index (χ4v) is 3.66. The van der Waals surface area contributed by atoms with Crippen molar-refractivity contribution in [2.24, 2.45) is 5.41 Å². The average molecular weight is 276 g/mol. The molecule has 2 fully saturated rings. The molecule has 20 heavy (non-hydrogen) atoms. The first-order valence-corrected chi connectivity index (χ1v) is 7.51. The fourth-order valence-electron chi connectivity index (χ4n) is 3.66. The predicted molar refractivity (Wildman–Crippen MR) is 77.8 cm³/mol. The molecule has 1 aliphatic carbocycles. The molecular weight excluding hydrogens is 252 g/mol. The Hall–Kier alpha value is -1.13. The SMILES string of the molecule is COc1cccc(CN2CCC3(CCC3OC)CC2)n1. The van der Waals surface area contributed by atoms with Gasteiger partial charge in [-0.2, -0.15) is 0 Å². The Morgan fingerprint density at radius 2 is 2.05 bits per heavy atom. The number of methoxy groups -OCH3 is 2. The minimum absolute atomic E-state index is 0.479. The summed E-state index contributed by atoms with van der Waals surface area (Å²) >= 11 is 0. The third-order valence-electron chi connectivity index (χ3n) is 5.10. The summed E-state index contributed by atoms with van der Waals surface area (Å²) in [6.07, 6.45) is 5.61. The van der Waals surface area contributed by atoms with Crippen LogP contribution >= 0.6 is 0 Å². The van der Waals surface area contributed by atoms with Crippen LogP contribution in [0, 0.1) is 5.41 Å². The van der Waals surface area contributed by atoms with Gasteiger partial charge in [-0.1, -0.05) is 6.07 Å². The summed E-state index contributed by atoms with van der Waals surface area (Å²) in [4.78, 5) is 7.00. The van der Waals surface area contributed by atoms with Crippen molar-refractivity contribution < 1.29 is 9.47 Å². The zero-order valence-corrected chi connectivity index (χ0v) is 12.5. The standard InChI is InChI=1S/C16H24N2O2/c1-19-14-6-7-16(14)8-10-18(11-9-16)12-13-4-3-5-15(17-13)20-2/h3-5,14H,6-12H2,1-2H3. The third-order valence-corrected chi connectivity index (χ3v) is 5.10. The number of rotatable bonds is 4. The lowest BCUT2D eigenvalue weighted by molar-refractivity contribution is -0.120. The van der Waals surface area contributed by atoms with Crippen molar-refractivity contribution in [3.05, 3.63) is 23.9 Å². The number of aromatic nitrogens is 1. The number of ether oxygens (including phenoxy) is 2. The molecule has 0 bridgehead atoms. The van der Waals surface area contributed by atoms with Crippen molar-refractivity contribution in [1.82, 2.24) is 9.88 Å². The maximum Gasteiger partial charge on any atom is 0.213 e. The molecule has 1 saturated heterocycles. The van der Waals surface area contributed by atoms with E-state index in [1.54, 1.807) is 7.11 Å². The number of piperidine rings is 1. The molecule has 1 unspecified atom stereocenters. The van der Waals surface area contributed by atoms with E-state index in [1.807, 2.05) is 19.2 Å². The van der Waals surface area contributed by atoms with E-state index < -0.39 is 0 Å². The van der Waals surface area contributed by atoms with E-state index >= 15 is 0 Å². The van der Waals surface area contributed by atoms with Crippen LogP contribution in [-0.4, -0.2) is 43.3 Å². The lowest BCUT2D eigenvalue weighted by atomic mass is 9.61. The molecule has 1 spiro atoms. The van der Waals surface area contributed by atoms with Crippen molar-refractivity contribution in [2.45, 2.75) is 38.3 Å². The molecule has 2 heterocycles. The Labute approximate surface area is 121 Å². The van der Waals surface area contributed by atoms with Gasteiger partial charge in [0.15, 0.2) is 0 Å². The summed E-state index contributed by atoms with van der Waals surface area (Å²) in [5.74, 6) is 0.703. The highest BCUT2D eigenvalue weighted by molar-refractivity contribution is 5.15. The Morgan fingerprint density at radius 1 is 1.25 bits per heavy atom. The van der Waals surface area contributed by atoms with Gasteiger partial charge in [-0.15, -0.1) is 0 Å². The number of hydrogen-bond acceptors (Lipinski definition) is 4. The highest BCUT2D eigenvalue weighted by Gasteiger charge is 2.48. The predicted octanol–water partition coefficient (Wildman–Crippen LogP) is 2.48. The second-order valence-electron chi connectivity index (χ2n) is 6.07. The van der Waals surface area contributed by atoms with E-state index in [2.05, 4.69) is 16.0 Å². The molecule has 0 amide bonds. The van der Waals surface area contributed by atoms with Crippen LogP contribution in [0.1, 0.15) is 31.4 Å². The molecule has 4 heteroatoms. The lowest BCUT2D eigenvalue weighted by Crippen LogP contribution is -2.52. The van der Waals surface area contributed by atoms with Gasteiger partial charge in [-0.25, -0.2) is 4.98 Å². The fraction of sp³-hybridized carbons (Fsp3) is 0.688. The normalized spacial score (nSPS) is 25.4. The molecule has 0 radical (unpaired) electrons. The van der Waals surface area contributed by atoms with Crippen LogP contribution < -0.4 is 4.74 Å². The first kappa shape index (κ1) is 13.8. The van der Waals surface area contributed by atoms with Gasteiger partial charge >= 0.3 is 0 Å². The van der Waals surface area contributed by atoms with Crippen LogP contribution in [0.3, 0.4) is 0 Å². The molecule has 1 saturated carbocycles. The summed E-state index contributed by atoms with van der Waals surface area (Å²) in [5, 5.41) is 0. The van der Waals surface area contributed by atoms with Crippen LogP contribution in [0.15, 0.2) is 18.2 Å². The molecule has 1 atom stereocenters. The van der Waals surface area contributed by atoms with E-state index in [1.165, 1.54) is 25.7 Å². The van der Waals surface area contributed by atoms with Crippen molar-refractivity contribution in [2.75, 3.05) is 27.3 Å². The largest absolute Gasteiger partial charge is 0.481 e. The maximum atomic E-state index is 5.62. The summed E-state index contributed by atoms with van der Waals surface area (Å²) in [6.45, 7) is 3.22. The molecule has 1 aromatic rings. The van der Waals surface area contributed by atoms with E-state index in [4.69, 9.17) is 9.47 Å². The van der Waals surface area contributed by atoms with Crippen LogP contribution in [-0.2, 0) is 11.3 Å². The van der Waals surface area contributed by atoms with Gasteiger partial charge in [0.1, 0.15) is 0 Å². The van der Waals surface area contributed by atoms with Gasteiger partial charge in [0, 0.05) is 19.7 Å². The van der Waals surface area contributed by atoms with Crippen molar-refractivity contribution in [1.29, 1.82) is 0 Å². The number of nitrogens with zero attached hydrogens (tertiary/aromatic N) is 2. The monoisotopic (exact) mass is 276 g/mol. The Balaban J connectivity index is 1.56. The number of pyridine rings is 1. The van der Waals surface area contributed by atoms with E-state index in [9.17, 15) is 0 Å². The van der Waals surface area contributed by atoms with Crippen LogP contribution in [0.2, 0.25) is 0 Å². The molecule has 4 nitrogen and oxygen atoms in total. The van der Waals surface area contributed by atoms with Crippen molar-refractivity contribution >= 4 is 0 Å². The number of likely N-dealkylation sites (tertiary alicyclic amines) is 1. The van der Waals surface area contributed by atoms with Crippen LogP contribution in [0.5, 0.6) is 5.88 Å². The highest BCUT2D eigenvalue weighted by atomic mass is 16.5. The molecule has 3 rings (SSSR count). The molecule has 1 aromatic heterocycles. The van der Waals surface area contributed by atoms with Crippen LogP contribution in [0.4, 0.5) is 0 Å². The van der Waals surface area contributed by atoms with Gasteiger partial charge in [-0.3, -0.25) is 4.90 Å². The van der Waals surface area contributed by atoms with E-state index in [-0.39, 0.29) is 0 Å². The first-order chi connectivity index (χ1) is 9.75. The molecule has 110 valence electrons. The Bertz CT molecular complexity index is 454. The Kier molecular flexibility index (Phi) is 3.94. The molecule has 0 N–H and O–H groups in total. The van der Waals surface area contributed by atoms with Gasteiger partial charge < -0.3 is 9.47 Å². The second kappa shape index (κ2) is 5.70. The summed E-state index contributed by atoms with van der Waals surface area (Å²) in [6, 6.07) is 5.99. The quantitative estimate of drug-likeness (QED) is 0.846. The summed E-state index contributed by atoms with van der Waals surface area (Å²) < 4.78 is 10.8. The maximum absolute atomic E-state index is 5.62. The van der Waals surface area contributed by atoms with E-state index in [0.717, 1.165) is 25.3 Å². The Morgan fingerprint density at radius 3 is 2.65 bits per heavy atom. The smallest absolute Gasteiger partial charge is 0.213 e. The minimum Gasteiger partial charge on any atom is -0.481 e. The number of hydrogen-bond donors (Lipinski definition) is 0. The third kappa shape index (κ3) is 2.54. The van der Waals surface area contributed by atoms with Gasteiger partial charge in [-0.05, 0) is 50.3 Å². The second-order valence-corrected chi connectivity index (χ2v) is 6.07. The first-order valence-electron chi connectivity index (χ1n) is 7.51. The zero-order valence-electron chi connectivity index (χ0n) is 12.5. The highest BCUT2D eigenvalue weighted by Crippen LogP contribution is 2.50. The van der Waals surface area contributed by atoms with Gasteiger partial charge in [0.2, 0.25) is 5.88 Å². The van der Waals surface area contributed by atoms with Gasteiger partial charge in [0.05, 0.1) is 18.9 Å². The zero-order chi connectivity index (χ0) is 14.0. The van der Waals surface area contributed by atoms with Crippen molar-refractivity contribution in [3.8, 4) is 5.88 Å². The molecule has 1 aliphatic heterocycles. The van der Waals surface area contributed by atoms with E-state index in [0.29, 0.717) is 17.4 Å². The molecule has 0 aromatic carbocycles. The van der Waals surface area contributed by atoms with Crippen LogP contribution in [0.25, 0.3) is 0 Å². The summed E-state index contributed by atoms with van der Waals surface area (Å²) in [5.41, 5.74) is 1.57. The minimum atomic E-state index is 0.479. The topological polar surface area (TPSA) is 34.6 Å². The van der Waals surface area contributed by atoms with Crippen molar-refractivity contribution in [3.63, 3.8) is 0 Å². The average Bonchev–Trinajstić information content (AvgIpc) is 2.48. The lowest BCUT2D eigenvalue weighted by Gasteiger charge is -2.53. The summed E-state index contributed by atoms with van der Waals surface area (Å²) in [7, 11) is 3.52.